The Morgan fingerprint density at radius 2 is 2.00 bits per heavy atom. The first-order valence-corrected chi connectivity index (χ1v) is 7.94. The first-order chi connectivity index (χ1) is 11.8. The summed E-state index contributed by atoms with van der Waals surface area (Å²) in [5.74, 6) is -1.73. The van der Waals surface area contributed by atoms with Crippen molar-refractivity contribution in [2.24, 2.45) is 0 Å². The van der Waals surface area contributed by atoms with E-state index in [9.17, 15) is 23.7 Å². The molecule has 0 bridgehead atoms. The Morgan fingerprint density at radius 1 is 1.28 bits per heavy atom. The zero-order chi connectivity index (χ0) is 18.6. The molecule has 9 heteroatoms. The number of nitro groups is 1. The van der Waals surface area contributed by atoms with E-state index in [1.54, 1.807) is 0 Å². The molecule has 1 amide bonds. The van der Waals surface area contributed by atoms with Crippen molar-refractivity contribution in [3.63, 3.8) is 0 Å². The highest BCUT2D eigenvalue weighted by Crippen LogP contribution is 2.31. The molecule has 0 fully saturated rings. The summed E-state index contributed by atoms with van der Waals surface area (Å²) in [6, 6.07) is 6.86. The fourth-order valence-corrected chi connectivity index (χ4v) is 2.82. The smallest absolute Gasteiger partial charge is 0.271 e. The van der Waals surface area contributed by atoms with Crippen molar-refractivity contribution in [3.05, 3.63) is 58.1 Å². The number of nitrogens with one attached hydrogen (secondary N) is 1. The highest BCUT2D eigenvalue weighted by molar-refractivity contribution is 8.00. The van der Waals surface area contributed by atoms with Gasteiger partial charge >= 0.3 is 0 Å². The van der Waals surface area contributed by atoms with E-state index in [2.05, 4.69) is 5.32 Å². The number of anilines is 1. The van der Waals surface area contributed by atoms with Crippen molar-refractivity contribution in [2.45, 2.75) is 17.1 Å². The highest BCUT2D eigenvalue weighted by atomic mass is 32.2. The van der Waals surface area contributed by atoms with Gasteiger partial charge in [-0.15, -0.1) is 11.8 Å². The average Bonchev–Trinajstić information content (AvgIpc) is 2.57. The van der Waals surface area contributed by atoms with Crippen LogP contribution in [0.3, 0.4) is 0 Å². The maximum atomic E-state index is 13.7. The number of nitrogens with zero attached hydrogens (tertiary/aromatic N) is 1. The fourth-order valence-electron chi connectivity index (χ4n) is 1.96. The lowest BCUT2D eigenvalue weighted by Crippen LogP contribution is -2.22. The first-order valence-electron chi connectivity index (χ1n) is 7.07. The van der Waals surface area contributed by atoms with Crippen LogP contribution in [0.5, 0.6) is 5.75 Å². The number of hydrogen-bond acceptors (Lipinski definition) is 5. The Labute approximate surface area is 146 Å². The van der Waals surface area contributed by atoms with E-state index in [1.165, 1.54) is 38.3 Å². The Kier molecular flexibility index (Phi) is 5.92. The highest BCUT2D eigenvalue weighted by Gasteiger charge is 2.20. The minimum atomic E-state index is -0.766. The average molecular weight is 368 g/mol. The van der Waals surface area contributed by atoms with Gasteiger partial charge in [0.2, 0.25) is 5.91 Å². The lowest BCUT2D eigenvalue weighted by molar-refractivity contribution is -0.384. The third-order valence-corrected chi connectivity index (χ3v) is 4.37. The maximum Gasteiger partial charge on any atom is 0.271 e. The van der Waals surface area contributed by atoms with Crippen LogP contribution in [0.4, 0.5) is 20.2 Å². The van der Waals surface area contributed by atoms with Crippen molar-refractivity contribution in [1.29, 1.82) is 0 Å². The summed E-state index contributed by atoms with van der Waals surface area (Å²) in [4.78, 5) is 22.7. The summed E-state index contributed by atoms with van der Waals surface area (Å²) < 4.78 is 31.7. The lowest BCUT2D eigenvalue weighted by atomic mass is 10.2. The molecule has 2 rings (SSSR count). The van der Waals surface area contributed by atoms with Crippen LogP contribution in [0.2, 0.25) is 0 Å². The van der Waals surface area contributed by atoms with Gasteiger partial charge in [-0.05, 0) is 25.1 Å². The summed E-state index contributed by atoms with van der Waals surface area (Å²) in [5, 5.41) is 12.6. The number of thioether (sulfide) groups is 1. The lowest BCUT2D eigenvalue weighted by Gasteiger charge is -2.14. The molecule has 0 heterocycles. The van der Waals surface area contributed by atoms with Crippen molar-refractivity contribution in [3.8, 4) is 5.75 Å². The Morgan fingerprint density at radius 3 is 2.60 bits per heavy atom. The van der Waals surface area contributed by atoms with Crippen LogP contribution in [0, 0.1) is 21.7 Å². The SMILES string of the molecule is COc1ccc([N+](=O)[O-])cc1NC(=O)[C@@H](C)Sc1ccc(F)cc1F. The van der Waals surface area contributed by atoms with Crippen LogP contribution in [0.1, 0.15) is 6.92 Å². The largest absolute Gasteiger partial charge is 0.495 e. The van der Waals surface area contributed by atoms with Gasteiger partial charge in [0.15, 0.2) is 0 Å². The summed E-state index contributed by atoms with van der Waals surface area (Å²) in [6.07, 6.45) is 0. The van der Waals surface area contributed by atoms with Gasteiger partial charge in [0.25, 0.3) is 5.69 Å². The predicted molar refractivity (Wildman–Crippen MR) is 90.0 cm³/mol. The predicted octanol–water partition coefficient (Wildman–Crippen LogP) is 4.00. The van der Waals surface area contributed by atoms with Gasteiger partial charge in [0.05, 0.1) is 23.0 Å². The second-order valence-corrected chi connectivity index (χ2v) is 6.35. The van der Waals surface area contributed by atoms with Crippen molar-refractivity contribution < 1.29 is 23.2 Å². The van der Waals surface area contributed by atoms with Crippen LogP contribution < -0.4 is 10.1 Å². The number of amides is 1. The molecule has 0 spiro atoms. The van der Waals surface area contributed by atoms with E-state index >= 15 is 0 Å². The second-order valence-electron chi connectivity index (χ2n) is 4.97. The van der Waals surface area contributed by atoms with Crippen LogP contribution in [-0.4, -0.2) is 23.2 Å². The van der Waals surface area contributed by atoms with Gasteiger partial charge in [-0.1, -0.05) is 0 Å². The number of halogens is 2. The zero-order valence-electron chi connectivity index (χ0n) is 13.3. The van der Waals surface area contributed by atoms with E-state index < -0.39 is 27.7 Å². The molecule has 6 nitrogen and oxygen atoms in total. The topological polar surface area (TPSA) is 81.5 Å². The molecule has 0 aromatic heterocycles. The van der Waals surface area contributed by atoms with Crippen molar-refractivity contribution in [2.75, 3.05) is 12.4 Å². The quantitative estimate of drug-likeness (QED) is 0.473. The molecule has 1 N–H and O–H groups in total. The number of hydrogen-bond donors (Lipinski definition) is 1. The maximum absolute atomic E-state index is 13.7. The Bertz CT molecular complexity index is 817. The number of nitro benzene ring substituents is 1. The number of carbonyl (C=O) groups excluding carboxylic acids is 1. The minimum Gasteiger partial charge on any atom is -0.495 e. The second kappa shape index (κ2) is 7.93. The van der Waals surface area contributed by atoms with Crippen LogP contribution in [-0.2, 0) is 4.79 Å². The normalized spacial score (nSPS) is 11.7. The molecule has 0 saturated heterocycles. The fraction of sp³-hybridized carbons (Fsp3) is 0.188. The van der Waals surface area contributed by atoms with Gasteiger partial charge in [-0.2, -0.15) is 0 Å². The van der Waals surface area contributed by atoms with E-state index in [1.807, 2.05) is 0 Å². The molecule has 2 aromatic rings. The van der Waals surface area contributed by atoms with E-state index in [4.69, 9.17) is 4.74 Å². The third kappa shape index (κ3) is 4.66. The summed E-state index contributed by atoms with van der Waals surface area (Å²) in [7, 11) is 1.36. The minimum absolute atomic E-state index is 0.120. The van der Waals surface area contributed by atoms with E-state index in [-0.39, 0.29) is 22.0 Å². The number of methoxy groups -OCH3 is 1. The number of ether oxygens (including phenoxy) is 1. The van der Waals surface area contributed by atoms with Gasteiger partial charge in [-0.25, -0.2) is 8.78 Å². The van der Waals surface area contributed by atoms with Crippen LogP contribution >= 0.6 is 11.8 Å². The Hall–Kier alpha value is -2.68. The standard InChI is InChI=1S/C16H14F2N2O4S/c1-9(25-15-6-3-10(17)7-12(15)18)16(21)19-13-8-11(20(22)23)4-5-14(13)24-2/h3-9H,1-2H3,(H,19,21)/t9-/m1/s1. The molecule has 0 aliphatic rings. The third-order valence-electron chi connectivity index (χ3n) is 3.22. The number of non-ortho nitro benzene ring substituents is 1. The molecule has 0 radical (unpaired) electrons. The van der Waals surface area contributed by atoms with Gasteiger partial charge < -0.3 is 10.1 Å². The number of benzene rings is 2. The number of rotatable bonds is 6. The summed E-state index contributed by atoms with van der Waals surface area (Å²) in [5.41, 5.74) is -0.0743. The molecular formula is C16H14F2N2O4S. The molecular weight excluding hydrogens is 354 g/mol. The van der Waals surface area contributed by atoms with Gasteiger partial charge in [-0.3, -0.25) is 14.9 Å². The number of carbonyl (C=O) groups is 1. The van der Waals surface area contributed by atoms with Gasteiger partial charge in [0.1, 0.15) is 17.4 Å². The molecule has 0 saturated carbocycles. The molecule has 2 aromatic carbocycles. The molecule has 132 valence electrons. The molecule has 25 heavy (non-hydrogen) atoms. The summed E-state index contributed by atoms with van der Waals surface area (Å²) in [6.45, 7) is 1.53. The summed E-state index contributed by atoms with van der Waals surface area (Å²) >= 11 is 0.902. The molecule has 0 aliphatic carbocycles. The Balaban J connectivity index is 2.15. The first kappa shape index (κ1) is 18.7. The van der Waals surface area contributed by atoms with Crippen LogP contribution in [0.15, 0.2) is 41.3 Å². The van der Waals surface area contributed by atoms with Crippen molar-refractivity contribution in [1.82, 2.24) is 0 Å². The molecule has 0 aliphatic heterocycles. The monoisotopic (exact) mass is 368 g/mol. The molecule has 0 unspecified atom stereocenters. The van der Waals surface area contributed by atoms with E-state index in [0.29, 0.717) is 0 Å². The van der Waals surface area contributed by atoms with E-state index in [0.717, 1.165) is 23.9 Å². The van der Waals surface area contributed by atoms with Gasteiger partial charge in [0, 0.05) is 23.1 Å². The molecule has 1 atom stereocenters. The van der Waals surface area contributed by atoms with Crippen LogP contribution in [0.25, 0.3) is 0 Å². The zero-order valence-corrected chi connectivity index (χ0v) is 14.1. The van der Waals surface area contributed by atoms with Crippen molar-refractivity contribution >= 4 is 29.0 Å².